The van der Waals surface area contributed by atoms with Crippen molar-refractivity contribution in [1.82, 2.24) is 15.0 Å². The number of ketones is 1. The van der Waals surface area contributed by atoms with Crippen LogP contribution in [0.4, 0.5) is 18.9 Å². The van der Waals surface area contributed by atoms with Crippen LogP contribution in [0.3, 0.4) is 0 Å². The molecule has 1 aromatic heterocycles. The number of para-hydroxylation sites is 1. The molecule has 1 heterocycles. The number of hydrogen-bond acceptors (Lipinski definition) is 8. The lowest BCUT2D eigenvalue weighted by molar-refractivity contribution is 0.102. The molecule has 27 heavy (non-hydrogen) atoms. The fourth-order valence-corrected chi connectivity index (χ4v) is 2.68. The zero-order chi connectivity index (χ0) is 20.4. The van der Waals surface area contributed by atoms with Gasteiger partial charge in [-0.2, -0.15) is 8.78 Å². The van der Waals surface area contributed by atoms with Gasteiger partial charge in [0.2, 0.25) is 11.6 Å². The van der Waals surface area contributed by atoms with Crippen LogP contribution in [0.1, 0.15) is 37.4 Å². The normalized spacial score (nSPS) is 11.3. The number of aromatic nitrogens is 3. The van der Waals surface area contributed by atoms with Gasteiger partial charge in [0.05, 0.1) is 11.3 Å². The summed E-state index contributed by atoms with van der Waals surface area (Å²) in [6.07, 6.45) is 0.233. The van der Waals surface area contributed by atoms with E-state index in [-0.39, 0.29) is 16.9 Å². The van der Waals surface area contributed by atoms with Crippen molar-refractivity contribution in [1.29, 1.82) is 0 Å². The van der Waals surface area contributed by atoms with Crippen molar-refractivity contribution in [3.63, 3.8) is 0 Å². The second kappa shape index (κ2) is 7.57. The Labute approximate surface area is 149 Å². The van der Waals surface area contributed by atoms with Gasteiger partial charge in [-0.05, 0) is 12.1 Å². The van der Waals surface area contributed by atoms with E-state index in [1.807, 2.05) is 0 Å². The molecule has 2 aromatic rings. The summed E-state index contributed by atoms with van der Waals surface area (Å²) in [5.41, 5.74) is -1.65. The van der Waals surface area contributed by atoms with Gasteiger partial charge in [0.15, 0.2) is 24.2 Å². The summed E-state index contributed by atoms with van der Waals surface area (Å²) in [5, 5.41) is 0. The predicted molar refractivity (Wildman–Crippen MR) is 83.8 cm³/mol. The molecule has 0 amide bonds. The Balaban J connectivity index is 2.67. The maximum atomic E-state index is 14.2. The van der Waals surface area contributed by atoms with Gasteiger partial charge in [0.1, 0.15) is 5.82 Å². The molecule has 0 bridgehead atoms. The summed E-state index contributed by atoms with van der Waals surface area (Å²) in [5.74, 6) is -8.30. The largest absolute Gasteiger partial charge is 0.355 e. The third-order valence-corrected chi connectivity index (χ3v) is 4.63. The standard InChI is InChI=1S/C14H9F3N4O5S/c1-21(27(25,26)14(16)17)11-7(3-2-4-8(11)15)12(24)13-19-9(5-22)18-10(6-23)20-13/h2-6,14H,1H3. The first-order valence-corrected chi connectivity index (χ1v) is 8.39. The van der Waals surface area contributed by atoms with Crippen molar-refractivity contribution >= 4 is 34.1 Å². The van der Waals surface area contributed by atoms with Crippen molar-refractivity contribution < 1.29 is 36.0 Å². The molecule has 9 nitrogen and oxygen atoms in total. The molecular weight excluding hydrogens is 393 g/mol. The molecule has 0 fully saturated rings. The van der Waals surface area contributed by atoms with Gasteiger partial charge < -0.3 is 0 Å². The molecule has 0 aliphatic carbocycles. The second-order valence-electron chi connectivity index (χ2n) is 4.85. The van der Waals surface area contributed by atoms with Gasteiger partial charge in [-0.1, -0.05) is 6.07 Å². The summed E-state index contributed by atoms with van der Waals surface area (Å²) >= 11 is 0. The topological polar surface area (TPSA) is 127 Å². The number of benzene rings is 1. The number of hydrogen-bond donors (Lipinski definition) is 0. The highest BCUT2D eigenvalue weighted by molar-refractivity contribution is 7.93. The molecule has 0 N–H and O–H groups in total. The number of halogens is 3. The maximum absolute atomic E-state index is 14.2. The lowest BCUT2D eigenvalue weighted by Gasteiger charge is -2.21. The van der Waals surface area contributed by atoms with Crippen LogP contribution in [0.15, 0.2) is 18.2 Å². The molecule has 0 aliphatic heterocycles. The van der Waals surface area contributed by atoms with Crippen molar-refractivity contribution in [2.45, 2.75) is 5.76 Å². The predicted octanol–water partition coefficient (Wildman–Crippen LogP) is 0.855. The Kier molecular flexibility index (Phi) is 5.64. The number of sulfonamides is 1. The van der Waals surface area contributed by atoms with E-state index in [9.17, 15) is 36.0 Å². The molecule has 13 heteroatoms. The van der Waals surface area contributed by atoms with Crippen LogP contribution in [-0.4, -0.2) is 54.5 Å². The summed E-state index contributed by atoms with van der Waals surface area (Å²) < 4.78 is 63.0. The quantitative estimate of drug-likeness (QED) is 0.493. The molecule has 0 saturated heterocycles. The maximum Gasteiger partial charge on any atom is 0.355 e. The first kappa shape index (κ1) is 20.1. The molecule has 142 valence electrons. The SMILES string of the molecule is CN(c1c(F)cccc1C(=O)c1nc(C=O)nc(C=O)n1)S(=O)(=O)C(F)F. The summed E-state index contributed by atoms with van der Waals surface area (Å²) in [4.78, 5) is 44.5. The lowest BCUT2D eigenvalue weighted by atomic mass is 10.1. The number of aldehydes is 2. The van der Waals surface area contributed by atoms with Crippen LogP contribution in [0.5, 0.6) is 0 Å². The highest BCUT2D eigenvalue weighted by atomic mass is 32.2. The Morgan fingerprint density at radius 2 is 1.67 bits per heavy atom. The van der Waals surface area contributed by atoms with Crippen molar-refractivity contribution in [3.05, 3.63) is 47.1 Å². The highest BCUT2D eigenvalue weighted by Crippen LogP contribution is 2.29. The fraction of sp³-hybridized carbons (Fsp3) is 0.143. The Bertz CT molecular complexity index is 1000. The average Bonchev–Trinajstić information content (AvgIpc) is 2.65. The van der Waals surface area contributed by atoms with E-state index < -0.39 is 56.1 Å². The summed E-state index contributed by atoms with van der Waals surface area (Å²) in [6.45, 7) is 0. The third-order valence-electron chi connectivity index (χ3n) is 3.24. The summed E-state index contributed by atoms with van der Waals surface area (Å²) in [7, 11) is -4.64. The molecule has 2 rings (SSSR count). The third kappa shape index (κ3) is 3.81. The second-order valence-corrected chi connectivity index (χ2v) is 6.78. The van der Waals surface area contributed by atoms with Crippen LogP contribution in [0.2, 0.25) is 0 Å². The molecule has 1 aromatic carbocycles. The van der Waals surface area contributed by atoms with E-state index >= 15 is 0 Å². The molecule has 0 aliphatic rings. The number of anilines is 1. The number of alkyl halides is 2. The van der Waals surface area contributed by atoms with E-state index in [0.717, 1.165) is 18.2 Å². The van der Waals surface area contributed by atoms with Crippen molar-refractivity contribution in [2.24, 2.45) is 0 Å². The number of nitrogens with zero attached hydrogens (tertiary/aromatic N) is 4. The molecule has 0 saturated carbocycles. The molecular formula is C14H9F3N4O5S. The number of rotatable bonds is 7. The van der Waals surface area contributed by atoms with Crippen LogP contribution < -0.4 is 4.31 Å². The van der Waals surface area contributed by atoms with Gasteiger partial charge >= 0.3 is 5.76 Å². The Morgan fingerprint density at radius 3 is 2.15 bits per heavy atom. The fourth-order valence-electron chi connectivity index (χ4n) is 2.00. The monoisotopic (exact) mass is 402 g/mol. The smallest absolute Gasteiger partial charge is 0.294 e. The number of carbonyl (C=O) groups is 3. The first-order valence-electron chi connectivity index (χ1n) is 6.89. The van der Waals surface area contributed by atoms with Gasteiger partial charge in [-0.25, -0.2) is 27.8 Å². The van der Waals surface area contributed by atoms with Gasteiger partial charge in [0, 0.05) is 7.05 Å². The van der Waals surface area contributed by atoms with E-state index in [4.69, 9.17) is 0 Å². The summed E-state index contributed by atoms with van der Waals surface area (Å²) in [6, 6.07) is 2.73. The zero-order valence-electron chi connectivity index (χ0n) is 13.3. The highest BCUT2D eigenvalue weighted by Gasteiger charge is 2.34. The van der Waals surface area contributed by atoms with Crippen LogP contribution in [0, 0.1) is 5.82 Å². The minimum absolute atomic E-state index is 0.0807. The Morgan fingerprint density at radius 1 is 1.11 bits per heavy atom. The minimum atomic E-state index is -5.27. The molecule has 0 spiro atoms. The average molecular weight is 402 g/mol. The number of carbonyl (C=O) groups excluding carboxylic acids is 3. The van der Waals surface area contributed by atoms with E-state index in [1.165, 1.54) is 0 Å². The van der Waals surface area contributed by atoms with Gasteiger partial charge in [0.25, 0.3) is 10.0 Å². The van der Waals surface area contributed by atoms with Crippen LogP contribution >= 0.6 is 0 Å². The molecule has 0 unspecified atom stereocenters. The van der Waals surface area contributed by atoms with Crippen molar-refractivity contribution in [3.8, 4) is 0 Å². The van der Waals surface area contributed by atoms with Crippen LogP contribution in [-0.2, 0) is 10.0 Å². The van der Waals surface area contributed by atoms with Crippen LogP contribution in [0.25, 0.3) is 0 Å². The van der Waals surface area contributed by atoms with E-state index in [2.05, 4.69) is 15.0 Å². The van der Waals surface area contributed by atoms with E-state index in [1.54, 1.807) is 0 Å². The Hall–Kier alpha value is -3.22. The van der Waals surface area contributed by atoms with Crippen molar-refractivity contribution in [2.75, 3.05) is 11.4 Å². The minimum Gasteiger partial charge on any atom is -0.294 e. The lowest BCUT2D eigenvalue weighted by Crippen LogP contribution is -2.33. The first-order chi connectivity index (χ1) is 12.6. The van der Waals surface area contributed by atoms with Gasteiger partial charge in [-0.15, -0.1) is 0 Å². The van der Waals surface area contributed by atoms with Gasteiger partial charge in [-0.3, -0.25) is 18.7 Å². The molecule has 0 radical (unpaired) electrons. The van der Waals surface area contributed by atoms with E-state index in [0.29, 0.717) is 7.05 Å². The zero-order valence-corrected chi connectivity index (χ0v) is 14.2. The molecule has 0 atom stereocenters.